The molecule has 1 heterocycles. The van der Waals surface area contributed by atoms with Gasteiger partial charge in [-0.15, -0.1) is 11.3 Å². The summed E-state index contributed by atoms with van der Waals surface area (Å²) < 4.78 is 0. The van der Waals surface area contributed by atoms with Crippen molar-refractivity contribution >= 4 is 11.3 Å². The molecular formula is C16H31N3S. The minimum absolute atomic E-state index is 0.149. The van der Waals surface area contributed by atoms with Crippen LogP contribution in [0.1, 0.15) is 51.7 Å². The van der Waals surface area contributed by atoms with Crippen LogP contribution in [-0.2, 0) is 12.0 Å². The summed E-state index contributed by atoms with van der Waals surface area (Å²) in [6, 6.07) is 0.534. The van der Waals surface area contributed by atoms with E-state index < -0.39 is 0 Å². The molecule has 0 aliphatic carbocycles. The van der Waals surface area contributed by atoms with Crippen molar-refractivity contribution in [3.8, 4) is 0 Å². The fraction of sp³-hybridized carbons (Fsp3) is 0.812. The molecule has 1 N–H and O–H groups in total. The zero-order valence-corrected chi connectivity index (χ0v) is 15.0. The predicted octanol–water partition coefficient (Wildman–Crippen LogP) is 3.51. The van der Waals surface area contributed by atoms with Crippen LogP contribution in [0.4, 0.5) is 0 Å². The van der Waals surface area contributed by atoms with Crippen molar-refractivity contribution in [1.29, 1.82) is 0 Å². The van der Waals surface area contributed by atoms with Crippen molar-refractivity contribution in [2.75, 3.05) is 20.6 Å². The van der Waals surface area contributed by atoms with Crippen LogP contribution >= 0.6 is 11.3 Å². The summed E-state index contributed by atoms with van der Waals surface area (Å²) in [5.41, 5.74) is 1.35. The van der Waals surface area contributed by atoms with Crippen LogP contribution in [-0.4, -0.2) is 36.6 Å². The zero-order valence-electron chi connectivity index (χ0n) is 14.2. The number of rotatable bonds is 7. The largest absolute Gasteiger partial charge is 0.308 e. The van der Waals surface area contributed by atoms with E-state index in [2.05, 4.69) is 64.3 Å². The van der Waals surface area contributed by atoms with Gasteiger partial charge in [-0.2, -0.15) is 0 Å². The summed E-state index contributed by atoms with van der Waals surface area (Å²) >= 11 is 1.77. The minimum atomic E-state index is 0.149. The highest BCUT2D eigenvalue weighted by atomic mass is 32.1. The summed E-state index contributed by atoms with van der Waals surface area (Å²) in [5, 5.41) is 7.06. The number of hydrogen-bond donors (Lipinski definition) is 1. The van der Waals surface area contributed by atoms with Crippen LogP contribution in [0.25, 0.3) is 0 Å². The van der Waals surface area contributed by atoms with Crippen molar-refractivity contribution < 1.29 is 0 Å². The summed E-state index contributed by atoms with van der Waals surface area (Å²) in [5.74, 6) is 0.717. The Balaban J connectivity index is 2.56. The van der Waals surface area contributed by atoms with Gasteiger partial charge in [0.25, 0.3) is 0 Å². The lowest BCUT2D eigenvalue weighted by Crippen LogP contribution is -2.38. The maximum atomic E-state index is 4.75. The minimum Gasteiger partial charge on any atom is -0.308 e. The predicted molar refractivity (Wildman–Crippen MR) is 89.5 cm³/mol. The Morgan fingerprint density at radius 3 is 2.40 bits per heavy atom. The van der Waals surface area contributed by atoms with Crippen molar-refractivity contribution in [3.05, 3.63) is 16.1 Å². The summed E-state index contributed by atoms with van der Waals surface area (Å²) in [6.07, 6.45) is 1.20. The molecule has 1 aromatic rings. The SMILES string of the molecule is CC(C)CC(CN(C)C)NCc1nc(C(C)(C)C)cs1. The fourth-order valence-corrected chi connectivity index (χ4v) is 3.17. The van der Waals surface area contributed by atoms with E-state index >= 15 is 0 Å². The van der Waals surface area contributed by atoms with E-state index in [1.165, 1.54) is 17.1 Å². The second-order valence-electron chi connectivity index (χ2n) is 7.35. The summed E-state index contributed by atoms with van der Waals surface area (Å²) in [4.78, 5) is 7.01. The van der Waals surface area contributed by atoms with Crippen molar-refractivity contribution in [2.45, 2.75) is 59.0 Å². The van der Waals surface area contributed by atoms with Gasteiger partial charge in [-0.3, -0.25) is 0 Å². The number of hydrogen-bond acceptors (Lipinski definition) is 4. The Kier molecular flexibility index (Phi) is 6.62. The molecule has 0 spiro atoms. The molecule has 3 nitrogen and oxygen atoms in total. The van der Waals surface area contributed by atoms with Gasteiger partial charge in [0.2, 0.25) is 0 Å². The molecule has 0 bridgehead atoms. The van der Waals surface area contributed by atoms with Crippen molar-refractivity contribution in [1.82, 2.24) is 15.2 Å². The van der Waals surface area contributed by atoms with Crippen molar-refractivity contribution in [3.63, 3.8) is 0 Å². The number of nitrogens with one attached hydrogen (secondary N) is 1. The van der Waals surface area contributed by atoms with Crippen LogP contribution in [0, 0.1) is 5.92 Å². The van der Waals surface area contributed by atoms with Gasteiger partial charge < -0.3 is 10.2 Å². The highest BCUT2D eigenvalue weighted by Crippen LogP contribution is 2.23. The Hall–Kier alpha value is -0.450. The Morgan fingerprint density at radius 1 is 1.30 bits per heavy atom. The third kappa shape index (κ3) is 6.33. The lowest BCUT2D eigenvalue weighted by molar-refractivity contribution is 0.305. The number of likely N-dealkylation sites (N-methyl/N-ethyl adjacent to an activating group) is 1. The average Bonchev–Trinajstić information content (AvgIpc) is 2.72. The van der Waals surface area contributed by atoms with Gasteiger partial charge in [-0.05, 0) is 26.4 Å². The topological polar surface area (TPSA) is 28.2 Å². The van der Waals surface area contributed by atoms with Gasteiger partial charge in [-0.1, -0.05) is 34.6 Å². The normalized spacial score (nSPS) is 14.2. The van der Waals surface area contributed by atoms with E-state index in [4.69, 9.17) is 4.98 Å². The maximum absolute atomic E-state index is 4.75. The van der Waals surface area contributed by atoms with Gasteiger partial charge in [0.05, 0.1) is 5.69 Å². The first-order valence-electron chi connectivity index (χ1n) is 7.51. The highest BCUT2D eigenvalue weighted by Gasteiger charge is 2.18. The van der Waals surface area contributed by atoms with Gasteiger partial charge in [0.15, 0.2) is 0 Å². The van der Waals surface area contributed by atoms with E-state index in [0.29, 0.717) is 12.0 Å². The van der Waals surface area contributed by atoms with Crippen molar-refractivity contribution in [2.24, 2.45) is 5.92 Å². The molecule has 1 rings (SSSR count). The van der Waals surface area contributed by atoms with Gasteiger partial charge >= 0.3 is 0 Å². The van der Waals surface area contributed by atoms with Crippen LogP contribution < -0.4 is 5.32 Å². The first kappa shape index (κ1) is 17.6. The smallest absolute Gasteiger partial charge is 0.107 e. The molecule has 0 radical (unpaired) electrons. The van der Waals surface area contributed by atoms with E-state index in [1.54, 1.807) is 11.3 Å². The molecule has 1 aromatic heterocycles. The first-order valence-corrected chi connectivity index (χ1v) is 8.39. The lowest BCUT2D eigenvalue weighted by atomic mass is 9.93. The second-order valence-corrected chi connectivity index (χ2v) is 8.29. The lowest BCUT2D eigenvalue weighted by Gasteiger charge is -2.23. The van der Waals surface area contributed by atoms with Gasteiger partial charge in [-0.25, -0.2) is 4.98 Å². The van der Waals surface area contributed by atoms with Gasteiger partial charge in [0, 0.05) is 29.9 Å². The zero-order chi connectivity index (χ0) is 15.3. The summed E-state index contributed by atoms with van der Waals surface area (Å²) in [7, 11) is 4.27. The molecule has 0 aliphatic heterocycles. The molecule has 20 heavy (non-hydrogen) atoms. The molecule has 0 saturated heterocycles. The molecule has 1 atom stereocenters. The number of nitrogens with zero attached hydrogens (tertiary/aromatic N) is 2. The fourth-order valence-electron chi connectivity index (χ4n) is 2.20. The van der Waals surface area contributed by atoms with Crippen LogP contribution in [0.3, 0.4) is 0 Å². The second kappa shape index (κ2) is 7.53. The van der Waals surface area contributed by atoms with E-state index in [9.17, 15) is 0 Å². The first-order chi connectivity index (χ1) is 9.18. The number of thiazole rings is 1. The number of aromatic nitrogens is 1. The molecule has 0 saturated carbocycles. The molecular weight excluding hydrogens is 266 g/mol. The third-order valence-corrected chi connectivity index (χ3v) is 4.05. The molecule has 0 amide bonds. The highest BCUT2D eigenvalue weighted by molar-refractivity contribution is 7.09. The van der Waals surface area contributed by atoms with E-state index in [1.807, 2.05) is 0 Å². The van der Waals surface area contributed by atoms with E-state index in [0.717, 1.165) is 13.1 Å². The molecule has 1 unspecified atom stereocenters. The molecule has 0 aliphatic rings. The molecule has 0 fully saturated rings. The van der Waals surface area contributed by atoms with Crippen LogP contribution in [0.5, 0.6) is 0 Å². The maximum Gasteiger partial charge on any atom is 0.107 e. The van der Waals surface area contributed by atoms with E-state index in [-0.39, 0.29) is 5.41 Å². The standard InChI is InChI=1S/C16H31N3S/c1-12(2)8-13(10-19(6)7)17-9-15-18-14(11-20-15)16(3,4)5/h11-13,17H,8-10H2,1-7H3. The van der Waals surface area contributed by atoms with Crippen LogP contribution in [0.2, 0.25) is 0 Å². The average molecular weight is 298 g/mol. The molecule has 0 aromatic carbocycles. The van der Waals surface area contributed by atoms with Crippen LogP contribution in [0.15, 0.2) is 5.38 Å². The Labute approximate surface area is 128 Å². The summed E-state index contributed by atoms with van der Waals surface area (Å²) in [6.45, 7) is 13.2. The quantitative estimate of drug-likeness (QED) is 0.835. The van der Waals surface area contributed by atoms with Gasteiger partial charge in [0.1, 0.15) is 5.01 Å². The Morgan fingerprint density at radius 2 is 1.95 bits per heavy atom. The molecule has 116 valence electrons. The third-order valence-electron chi connectivity index (χ3n) is 3.20. The monoisotopic (exact) mass is 297 g/mol. The Bertz CT molecular complexity index is 381. The molecule has 4 heteroatoms.